The molecule has 0 fully saturated rings. The van der Waals surface area contributed by atoms with Crippen LogP contribution in [-0.2, 0) is 9.59 Å². The molecule has 0 aliphatic carbocycles. The first-order chi connectivity index (χ1) is 17.7. The Morgan fingerprint density at radius 2 is 1.78 bits per heavy atom. The number of rotatable bonds is 9. The number of carbonyl (C=O) groups excluding carboxylic acids is 2. The average Bonchev–Trinajstić information content (AvgIpc) is 2.85. The van der Waals surface area contributed by atoms with Gasteiger partial charge in [0.15, 0.2) is 18.1 Å². The van der Waals surface area contributed by atoms with Crippen molar-refractivity contribution in [2.75, 3.05) is 23.8 Å². The number of aromatic hydroxyl groups is 1. The van der Waals surface area contributed by atoms with Crippen LogP contribution < -0.4 is 20.1 Å². The first-order valence-corrected chi connectivity index (χ1v) is 11.8. The zero-order valence-electron chi connectivity index (χ0n) is 20.6. The van der Waals surface area contributed by atoms with Crippen molar-refractivity contribution >= 4 is 40.9 Å². The van der Waals surface area contributed by atoms with Crippen LogP contribution in [0, 0.1) is 25.2 Å². The monoisotopic (exact) mass is 519 g/mol. The molecule has 8 nitrogen and oxygen atoms in total. The Bertz CT molecular complexity index is 1380. The molecule has 0 bridgehead atoms. The second-order valence-corrected chi connectivity index (χ2v) is 8.50. The molecule has 190 valence electrons. The molecule has 0 saturated heterocycles. The molecule has 0 radical (unpaired) electrons. The van der Waals surface area contributed by atoms with Gasteiger partial charge in [-0.2, -0.15) is 5.26 Å². The third-order valence-electron chi connectivity index (χ3n) is 5.14. The Hall–Kier alpha value is -4.48. The number of carbonyl (C=O) groups is 2. The molecule has 0 heterocycles. The van der Waals surface area contributed by atoms with Crippen LogP contribution in [0.2, 0.25) is 5.02 Å². The van der Waals surface area contributed by atoms with E-state index in [-0.39, 0.29) is 40.4 Å². The van der Waals surface area contributed by atoms with Gasteiger partial charge in [-0.1, -0.05) is 29.3 Å². The van der Waals surface area contributed by atoms with Gasteiger partial charge in [0.2, 0.25) is 0 Å². The number of phenols is 1. The van der Waals surface area contributed by atoms with Crippen molar-refractivity contribution in [2.45, 2.75) is 20.8 Å². The van der Waals surface area contributed by atoms with Gasteiger partial charge in [-0.15, -0.1) is 0 Å². The molecule has 3 aromatic carbocycles. The van der Waals surface area contributed by atoms with Crippen LogP contribution >= 0.6 is 11.6 Å². The average molecular weight is 520 g/mol. The van der Waals surface area contributed by atoms with E-state index in [1.54, 1.807) is 13.0 Å². The van der Waals surface area contributed by atoms with E-state index in [0.717, 1.165) is 11.1 Å². The zero-order valence-corrected chi connectivity index (χ0v) is 21.3. The molecule has 0 unspecified atom stereocenters. The van der Waals surface area contributed by atoms with Crippen LogP contribution in [0.4, 0.5) is 11.4 Å². The fourth-order valence-electron chi connectivity index (χ4n) is 3.41. The Morgan fingerprint density at radius 3 is 2.43 bits per heavy atom. The lowest BCUT2D eigenvalue weighted by atomic mass is 10.1. The van der Waals surface area contributed by atoms with E-state index in [4.69, 9.17) is 21.1 Å². The normalized spacial score (nSPS) is 10.8. The van der Waals surface area contributed by atoms with Gasteiger partial charge in [-0.3, -0.25) is 9.59 Å². The standard InChI is InChI=1S/C28H26ClN3O5/c1-4-36-25-14-19(12-20(15-30)28(35)31-21-6-8-22(33)9-7-21)13-23(29)27(25)37-16-26(34)32-24-10-5-17(2)11-18(24)3/h5-14,33H,4,16H2,1-3H3,(H,31,35)(H,32,34)/b20-12+. The molecule has 0 spiro atoms. The number of nitriles is 1. The lowest BCUT2D eigenvalue weighted by Crippen LogP contribution is -2.21. The van der Waals surface area contributed by atoms with Crippen LogP contribution in [-0.4, -0.2) is 30.1 Å². The molecule has 3 rings (SSSR count). The first kappa shape index (κ1) is 27.1. The van der Waals surface area contributed by atoms with E-state index in [1.165, 1.54) is 36.4 Å². The molecular weight excluding hydrogens is 494 g/mol. The molecule has 2 amide bonds. The topological polar surface area (TPSA) is 121 Å². The number of ether oxygens (including phenoxy) is 2. The Labute approximate surface area is 220 Å². The number of anilines is 2. The SMILES string of the molecule is CCOc1cc(/C=C(\C#N)C(=O)Nc2ccc(O)cc2)cc(Cl)c1OCC(=O)Nc1ccc(C)cc1C. The number of amides is 2. The van der Waals surface area contributed by atoms with Gasteiger partial charge in [0.05, 0.1) is 11.6 Å². The molecule has 0 aliphatic heterocycles. The minimum atomic E-state index is -0.634. The predicted octanol–water partition coefficient (Wildman–Crippen LogP) is 5.62. The van der Waals surface area contributed by atoms with Crippen LogP contribution in [0.1, 0.15) is 23.6 Å². The Kier molecular flexibility index (Phi) is 9.14. The van der Waals surface area contributed by atoms with Crippen LogP contribution in [0.5, 0.6) is 17.2 Å². The van der Waals surface area contributed by atoms with Gasteiger partial charge in [0.1, 0.15) is 17.4 Å². The van der Waals surface area contributed by atoms with Crippen molar-refractivity contribution < 1.29 is 24.2 Å². The highest BCUT2D eigenvalue weighted by Crippen LogP contribution is 2.37. The summed E-state index contributed by atoms with van der Waals surface area (Å²) in [6.07, 6.45) is 1.36. The number of nitrogens with zero attached hydrogens (tertiary/aromatic N) is 1. The zero-order chi connectivity index (χ0) is 26.9. The van der Waals surface area contributed by atoms with Crippen molar-refractivity contribution in [3.63, 3.8) is 0 Å². The highest BCUT2D eigenvalue weighted by atomic mass is 35.5. The molecule has 3 N–H and O–H groups in total. The Morgan fingerprint density at radius 1 is 1.05 bits per heavy atom. The quantitative estimate of drug-likeness (QED) is 0.191. The van der Waals surface area contributed by atoms with Crippen LogP contribution in [0.15, 0.2) is 60.2 Å². The van der Waals surface area contributed by atoms with Gasteiger partial charge in [-0.25, -0.2) is 0 Å². The molecule has 0 aromatic heterocycles. The summed E-state index contributed by atoms with van der Waals surface area (Å²) >= 11 is 6.43. The van der Waals surface area contributed by atoms with Crippen molar-refractivity contribution in [3.05, 3.63) is 81.9 Å². The third kappa shape index (κ3) is 7.50. The van der Waals surface area contributed by atoms with Gasteiger partial charge in [0.25, 0.3) is 11.8 Å². The molecule has 0 saturated carbocycles. The summed E-state index contributed by atoms with van der Waals surface area (Å²) in [6.45, 7) is 5.64. The van der Waals surface area contributed by atoms with E-state index in [2.05, 4.69) is 10.6 Å². The van der Waals surface area contributed by atoms with E-state index < -0.39 is 5.91 Å². The summed E-state index contributed by atoms with van der Waals surface area (Å²) in [5.41, 5.74) is 3.38. The molecule has 9 heteroatoms. The fraction of sp³-hybridized carbons (Fsp3) is 0.179. The maximum Gasteiger partial charge on any atom is 0.266 e. The first-order valence-electron chi connectivity index (χ1n) is 11.4. The van der Waals surface area contributed by atoms with Gasteiger partial charge in [0, 0.05) is 11.4 Å². The van der Waals surface area contributed by atoms with Crippen molar-refractivity contribution in [1.82, 2.24) is 0 Å². The maximum absolute atomic E-state index is 12.6. The highest BCUT2D eigenvalue weighted by molar-refractivity contribution is 6.32. The number of benzene rings is 3. The second-order valence-electron chi connectivity index (χ2n) is 8.09. The lowest BCUT2D eigenvalue weighted by Gasteiger charge is -2.15. The molecule has 3 aromatic rings. The van der Waals surface area contributed by atoms with E-state index in [0.29, 0.717) is 23.5 Å². The maximum atomic E-state index is 12.6. The summed E-state index contributed by atoms with van der Waals surface area (Å²) in [6, 6.07) is 16.5. The number of hydrogen-bond acceptors (Lipinski definition) is 6. The predicted molar refractivity (Wildman–Crippen MR) is 143 cm³/mol. The van der Waals surface area contributed by atoms with Crippen molar-refractivity contribution in [3.8, 4) is 23.3 Å². The fourth-order valence-corrected chi connectivity index (χ4v) is 3.68. The van der Waals surface area contributed by atoms with E-state index in [9.17, 15) is 20.0 Å². The summed E-state index contributed by atoms with van der Waals surface area (Å²) in [4.78, 5) is 25.0. The summed E-state index contributed by atoms with van der Waals surface area (Å²) < 4.78 is 11.3. The molecule has 0 aliphatic rings. The van der Waals surface area contributed by atoms with Gasteiger partial charge in [-0.05, 0) is 80.4 Å². The minimum Gasteiger partial charge on any atom is -0.508 e. The summed E-state index contributed by atoms with van der Waals surface area (Å²) in [7, 11) is 0. The molecule has 37 heavy (non-hydrogen) atoms. The van der Waals surface area contributed by atoms with Crippen LogP contribution in [0.25, 0.3) is 6.08 Å². The largest absolute Gasteiger partial charge is 0.508 e. The number of hydrogen-bond donors (Lipinski definition) is 3. The number of nitrogens with one attached hydrogen (secondary N) is 2. The van der Waals surface area contributed by atoms with E-state index >= 15 is 0 Å². The van der Waals surface area contributed by atoms with Gasteiger partial charge < -0.3 is 25.2 Å². The highest BCUT2D eigenvalue weighted by Gasteiger charge is 2.16. The number of halogens is 1. The van der Waals surface area contributed by atoms with Crippen molar-refractivity contribution in [1.29, 1.82) is 5.26 Å². The van der Waals surface area contributed by atoms with Crippen molar-refractivity contribution in [2.24, 2.45) is 0 Å². The lowest BCUT2D eigenvalue weighted by molar-refractivity contribution is -0.118. The van der Waals surface area contributed by atoms with Crippen LogP contribution in [0.3, 0.4) is 0 Å². The molecular formula is C28H26ClN3O5. The number of phenolic OH excluding ortho intramolecular Hbond substituents is 1. The number of aryl methyl sites for hydroxylation is 2. The summed E-state index contributed by atoms with van der Waals surface area (Å²) in [5, 5.41) is 24.5. The summed E-state index contributed by atoms with van der Waals surface area (Å²) in [5.74, 6) is -0.518. The minimum absolute atomic E-state index is 0.0530. The smallest absolute Gasteiger partial charge is 0.266 e. The Balaban J connectivity index is 1.77. The van der Waals surface area contributed by atoms with Gasteiger partial charge >= 0.3 is 0 Å². The van der Waals surface area contributed by atoms with E-state index in [1.807, 2.05) is 38.1 Å². The molecule has 0 atom stereocenters. The third-order valence-corrected chi connectivity index (χ3v) is 5.42. The second kappa shape index (κ2) is 12.5.